The van der Waals surface area contributed by atoms with E-state index in [-0.39, 0.29) is 0 Å². The lowest BCUT2D eigenvalue weighted by atomic mass is 10.3. The molecule has 2 nitrogen and oxygen atoms in total. The largest absolute Gasteiger partial charge is 0.497 e. The van der Waals surface area contributed by atoms with Gasteiger partial charge in [-0.1, -0.05) is 60.7 Å². The number of ether oxygens (including phenoxy) is 1. The molecule has 3 rings (SSSR count). The Morgan fingerprint density at radius 1 is 0.750 bits per heavy atom. The maximum atomic E-state index is 5.50. The number of nitrogens with zero attached hydrogens (tertiary/aromatic N) is 1. The van der Waals surface area contributed by atoms with Gasteiger partial charge in [-0.05, 0) is 36.7 Å². The zero-order valence-electron chi connectivity index (χ0n) is 14.3. The van der Waals surface area contributed by atoms with Crippen LogP contribution in [-0.2, 0) is 0 Å². The molecule has 0 fully saturated rings. The second-order valence-electron chi connectivity index (χ2n) is 5.76. The monoisotopic (exact) mass is 335 g/mol. The lowest BCUT2D eigenvalue weighted by Gasteiger charge is -2.26. The van der Waals surface area contributed by atoms with E-state index in [1.54, 1.807) is 7.11 Å². The van der Waals surface area contributed by atoms with Crippen LogP contribution >= 0.6 is 7.92 Å². The van der Waals surface area contributed by atoms with Gasteiger partial charge in [0.25, 0.3) is 0 Å². The van der Waals surface area contributed by atoms with E-state index >= 15 is 0 Å². The molecule has 3 aromatic rings. The summed E-state index contributed by atoms with van der Waals surface area (Å²) in [6, 6.07) is 27.8. The van der Waals surface area contributed by atoms with Crippen LogP contribution in [0.1, 0.15) is 0 Å². The Balaban J connectivity index is 2.23. The van der Waals surface area contributed by atoms with E-state index in [4.69, 9.17) is 4.74 Å². The van der Waals surface area contributed by atoms with Crippen molar-refractivity contribution in [3.8, 4) is 5.75 Å². The van der Waals surface area contributed by atoms with Crippen molar-refractivity contribution in [3.05, 3.63) is 78.9 Å². The van der Waals surface area contributed by atoms with Gasteiger partial charge in [0.1, 0.15) is 5.75 Å². The van der Waals surface area contributed by atoms with Crippen LogP contribution in [-0.4, -0.2) is 21.2 Å². The standard InChI is InChI=1S/C21H22NOP/c1-22(2)20-15-14-17(23-3)16-21(20)24(18-10-6-4-7-11-18)19-12-8-5-9-13-19/h4-16H,1-3H3. The Morgan fingerprint density at radius 3 is 1.75 bits per heavy atom. The summed E-state index contributed by atoms with van der Waals surface area (Å²) in [7, 11) is 5.27. The Labute approximate surface area is 145 Å². The first-order valence-corrected chi connectivity index (χ1v) is 9.30. The predicted octanol–water partition coefficient (Wildman–Crippen LogP) is 3.52. The van der Waals surface area contributed by atoms with E-state index in [1.807, 2.05) is 6.07 Å². The fraction of sp³-hybridized carbons (Fsp3) is 0.143. The minimum absolute atomic E-state index is 0.643. The number of rotatable bonds is 5. The highest BCUT2D eigenvalue weighted by atomic mass is 31.1. The molecule has 0 spiro atoms. The molecule has 0 aliphatic rings. The fourth-order valence-electron chi connectivity index (χ4n) is 2.77. The van der Waals surface area contributed by atoms with Crippen LogP contribution in [0.25, 0.3) is 0 Å². The van der Waals surface area contributed by atoms with Gasteiger partial charge in [0.2, 0.25) is 0 Å². The van der Waals surface area contributed by atoms with Crippen LogP contribution in [0.15, 0.2) is 78.9 Å². The summed E-state index contributed by atoms with van der Waals surface area (Å²) in [5.41, 5.74) is 1.23. The first-order chi connectivity index (χ1) is 11.7. The SMILES string of the molecule is COc1ccc(N(C)C)c(P(c2ccccc2)c2ccccc2)c1. The van der Waals surface area contributed by atoms with Crippen LogP contribution in [0.2, 0.25) is 0 Å². The van der Waals surface area contributed by atoms with Crippen molar-refractivity contribution in [2.24, 2.45) is 0 Å². The lowest BCUT2D eigenvalue weighted by Crippen LogP contribution is -2.26. The number of hydrogen-bond donors (Lipinski definition) is 0. The average molecular weight is 335 g/mol. The molecule has 0 aliphatic heterocycles. The molecule has 0 aliphatic carbocycles. The minimum atomic E-state index is -0.643. The zero-order valence-corrected chi connectivity index (χ0v) is 15.2. The molecular formula is C21H22NOP. The second-order valence-corrected chi connectivity index (χ2v) is 7.94. The van der Waals surface area contributed by atoms with E-state index in [0.717, 1.165) is 5.75 Å². The summed E-state index contributed by atoms with van der Waals surface area (Å²) in [6.45, 7) is 0. The Hall–Kier alpha value is -2.31. The molecule has 3 heteroatoms. The van der Waals surface area contributed by atoms with Gasteiger partial charge in [0.05, 0.1) is 7.11 Å². The highest BCUT2D eigenvalue weighted by molar-refractivity contribution is 7.80. The molecule has 0 heterocycles. The average Bonchev–Trinajstić information content (AvgIpc) is 2.63. The molecule has 3 aromatic carbocycles. The zero-order chi connectivity index (χ0) is 16.9. The highest BCUT2D eigenvalue weighted by Gasteiger charge is 2.21. The van der Waals surface area contributed by atoms with E-state index in [1.165, 1.54) is 21.6 Å². The first-order valence-electron chi connectivity index (χ1n) is 7.96. The van der Waals surface area contributed by atoms with E-state index in [0.29, 0.717) is 0 Å². The van der Waals surface area contributed by atoms with Crippen LogP contribution in [0, 0.1) is 0 Å². The van der Waals surface area contributed by atoms with Crippen molar-refractivity contribution in [3.63, 3.8) is 0 Å². The summed E-state index contributed by atoms with van der Waals surface area (Å²) in [5.74, 6) is 0.898. The van der Waals surface area contributed by atoms with E-state index in [9.17, 15) is 0 Å². The second kappa shape index (κ2) is 7.51. The highest BCUT2D eigenvalue weighted by Crippen LogP contribution is 2.37. The van der Waals surface area contributed by atoms with Crippen molar-refractivity contribution < 1.29 is 4.74 Å². The molecule has 24 heavy (non-hydrogen) atoms. The molecule has 0 saturated heterocycles. The number of hydrogen-bond acceptors (Lipinski definition) is 2. The topological polar surface area (TPSA) is 12.5 Å². The van der Waals surface area contributed by atoms with Crippen LogP contribution in [0.4, 0.5) is 5.69 Å². The van der Waals surface area contributed by atoms with Gasteiger partial charge in [0, 0.05) is 25.1 Å². The summed E-state index contributed by atoms with van der Waals surface area (Å²) in [4.78, 5) is 2.18. The third-order valence-corrected chi connectivity index (χ3v) is 6.40. The third-order valence-electron chi connectivity index (χ3n) is 3.93. The third kappa shape index (κ3) is 3.44. The molecule has 0 amide bonds. The minimum Gasteiger partial charge on any atom is -0.497 e. The van der Waals surface area contributed by atoms with Gasteiger partial charge in [-0.3, -0.25) is 0 Å². The number of anilines is 1. The maximum Gasteiger partial charge on any atom is 0.119 e. The smallest absolute Gasteiger partial charge is 0.119 e. The molecule has 0 saturated carbocycles. The van der Waals surface area contributed by atoms with Crippen molar-refractivity contribution in [1.29, 1.82) is 0 Å². The Kier molecular flexibility index (Phi) is 5.17. The Morgan fingerprint density at radius 2 is 1.29 bits per heavy atom. The molecular weight excluding hydrogens is 313 g/mol. The van der Waals surface area contributed by atoms with Crippen molar-refractivity contribution >= 4 is 29.5 Å². The number of benzene rings is 3. The van der Waals surface area contributed by atoms with Crippen molar-refractivity contribution in [1.82, 2.24) is 0 Å². The van der Waals surface area contributed by atoms with Crippen LogP contribution < -0.4 is 25.6 Å². The fourth-order valence-corrected chi connectivity index (χ4v) is 5.32. The molecule has 122 valence electrons. The Bertz CT molecular complexity index is 748. The summed E-state index contributed by atoms with van der Waals surface area (Å²) in [6.07, 6.45) is 0. The van der Waals surface area contributed by atoms with Gasteiger partial charge >= 0.3 is 0 Å². The van der Waals surface area contributed by atoms with Gasteiger partial charge in [0.15, 0.2) is 0 Å². The van der Waals surface area contributed by atoms with Gasteiger partial charge in [-0.15, -0.1) is 0 Å². The van der Waals surface area contributed by atoms with E-state index < -0.39 is 7.92 Å². The summed E-state index contributed by atoms with van der Waals surface area (Å²) >= 11 is 0. The molecule has 0 N–H and O–H groups in total. The summed E-state index contributed by atoms with van der Waals surface area (Å²) in [5, 5.41) is 4.00. The predicted molar refractivity (Wildman–Crippen MR) is 106 cm³/mol. The van der Waals surface area contributed by atoms with Gasteiger partial charge in [-0.2, -0.15) is 0 Å². The van der Waals surface area contributed by atoms with Gasteiger partial charge < -0.3 is 9.64 Å². The number of methoxy groups -OCH3 is 1. The van der Waals surface area contributed by atoms with E-state index in [2.05, 4.69) is 91.8 Å². The molecule has 0 radical (unpaired) electrons. The normalized spacial score (nSPS) is 10.7. The first kappa shape index (κ1) is 16.5. The van der Waals surface area contributed by atoms with Gasteiger partial charge in [-0.25, -0.2) is 0 Å². The van der Waals surface area contributed by atoms with Crippen molar-refractivity contribution in [2.75, 3.05) is 26.1 Å². The quantitative estimate of drug-likeness (QED) is 0.662. The molecule has 0 bridgehead atoms. The van der Waals surface area contributed by atoms with Crippen molar-refractivity contribution in [2.45, 2.75) is 0 Å². The van der Waals surface area contributed by atoms with Crippen LogP contribution in [0.3, 0.4) is 0 Å². The molecule has 0 atom stereocenters. The summed E-state index contributed by atoms with van der Waals surface area (Å²) < 4.78 is 5.50. The van der Waals surface area contributed by atoms with Crippen LogP contribution in [0.5, 0.6) is 5.75 Å². The molecule has 0 unspecified atom stereocenters. The molecule has 0 aromatic heterocycles. The maximum absolute atomic E-state index is 5.50. The lowest BCUT2D eigenvalue weighted by molar-refractivity contribution is 0.415.